The highest BCUT2D eigenvalue weighted by atomic mass is 16.5. The first-order valence-corrected chi connectivity index (χ1v) is 26.3. The first-order chi connectivity index (χ1) is 35.7. The van der Waals surface area contributed by atoms with Gasteiger partial charge in [0.1, 0.15) is 6.04 Å². The quantitative estimate of drug-likeness (QED) is 0.131. The molecule has 1 atom stereocenters. The molecule has 1 fully saturated rings. The molecule has 0 saturated carbocycles. The number of methoxy groups -OCH3 is 2. The smallest absolute Gasteiger partial charge is 0.324 e. The Morgan fingerprint density at radius 3 is 0.708 bits per heavy atom. The van der Waals surface area contributed by atoms with Crippen LogP contribution in [0.25, 0.3) is 291 Å². The van der Waals surface area contributed by atoms with Gasteiger partial charge in [-0.3, -0.25) is 14.5 Å². The fourth-order valence-corrected chi connectivity index (χ4v) is 25.7. The van der Waals surface area contributed by atoms with E-state index in [0.717, 1.165) is 0 Å². The summed E-state index contributed by atoms with van der Waals surface area (Å²) < 4.78 is 11.9. The Morgan fingerprint density at radius 1 is 0.319 bits per heavy atom. The first kappa shape index (κ1) is 27.7. The van der Waals surface area contributed by atoms with Crippen LogP contribution in [0.4, 0.5) is 0 Å². The summed E-state index contributed by atoms with van der Waals surface area (Å²) in [5.41, 5.74) is 4.24. The number of esters is 2. The van der Waals surface area contributed by atoms with E-state index in [0.29, 0.717) is 6.54 Å². The Kier molecular flexibility index (Phi) is 2.41. The second-order valence-corrected chi connectivity index (χ2v) is 25.9. The van der Waals surface area contributed by atoms with Crippen LogP contribution in [0.15, 0.2) is 0 Å². The Balaban J connectivity index is 1.16. The van der Waals surface area contributed by atoms with E-state index in [-0.39, 0.29) is 18.5 Å². The van der Waals surface area contributed by atoms with Crippen molar-refractivity contribution in [3.05, 3.63) is 22.3 Å². The zero-order chi connectivity index (χ0) is 43.6. The fourth-order valence-electron chi connectivity index (χ4n) is 25.7. The third kappa shape index (κ3) is 1.46. The molecule has 308 valence electrons. The highest BCUT2D eigenvalue weighted by molar-refractivity contribution is 6.82. The molecule has 1 aliphatic heterocycles. The standard InChI is InChI=1S/C67H11NO4/c1-71-5(69)3-68-4-66-60-52-44-34-24-16-8-6-7-10-14-12(8)20-28-22(14)32-26-18(10)19-11(7)15-13-9(6)17(16)25-31-21(13)29-23(15)33-27(19)37-36(26)48-42(32)50-40(28)46(38(44)30(20)24)54(60)56(50)62-58(48)59-49(37)43(33)51-41(29)47-39(31)45(35(25)34)53(52)61(66)55(47)57(51)63(59)67(62,66)64(68)65(70)72-2/h64H,3-4H2,1-2H3. The van der Waals surface area contributed by atoms with Crippen molar-refractivity contribution in [1.82, 2.24) is 4.90 Å². The SMILES string of the molecule is COC(=O)CN1CC23c4c5c6c7c8c9c(c%10c%11c2c2c4c4c%12c5c5c6c6c8c8c%13c9c9c%10c%10c%11c%11c2c2c4c4c%12c%12c5c5c6c8c6c8c%13c9c9c%10c%10c%11c2c2c4c4c%12c5c6c5c8c9c%10c2c45)C73C1C(=O)OC. The largest absolute Gasteiger partial charge is 0.468 e. The lowest BCUT2D eigenvalue weighted by Gasteiger charge is -2.51. The van der Waals surface area contributed by atoms with Crippen molar-refractivity contribution in [2.45, 2.75) is 16.9 Å². The number of hydrogen-bond acceptors (Lipinski definition) is 5. The van der Waals surface area contributed by atoms with Gasteiger partial charge >= 0.3 is 11.9 Å². The molecule has 0 amide bonds. The van der Waals surface area contributed by atoms with Crippen molar-refractivity contribution >= 4 is 303 Å². The number of likely N-dealkylation sites (tertiary alicyclic amines) is 1. The third-order valence-electron chi connectivity index (χ3n) is 25.8. The summed E-state index contributed by atoms with van der Waals surface area (Å²) in [4.78, 5) is 32.5. The minimum atomic E-state index is -0.862. The fraction of sp³-hybridized carbons (Fsp3) is 0.104. The second kappa shape index (κ2) is 6.28. The third-order valence-corrected chi connectivity index (χ3v) is 25.8. The lowest BCUT2D eigenvalue weighted by molar-refractivity contribution is -0.150. The van der Waals surface area contributed by atoms with Gasteiger partial charge in [0.05, 0.1) is 31.6 Å². The number of hydrogen-bond donors (Lipinski definition) is 0. The Labute approximate surface area is 391 Å². The van der Waals surface area contributed by atoms with Gasteiger partial charge in [-0.05, 0) is 313 Å². The zero-order valence-corrected chi connectivity index (χ0v) is 37.1. The molecule has 4 aliphatic carbocycles. The predicted molar refractivity (Wildman–Crippen MR) is 293 cm³/mol. The molecule has 2 spiro atoms. The number of rotatable bonds is 3. The molecule has 5 heteroatoms. The van der Waals surface area contributed by atoms with Gasteiger partial charge in [-0.1, -0.05) is 0 Å². The maximum absolute atomic E-state index is 16.0. The van der Waals surface area contributed by atoms with Crippen LogP contribution in [0.3, 0.4) is 0 Å². The van der Waals surface area contributed by atoms with Crippen LogP contribution in [0.5, 0.6) is 0 Å². The van der Waals surface area contributed by atoms with E-state index in [2.05, 4.69) is 4.90 Å². The Morgan fingerprint density at radius 2 is 0.514 bits per heavy atom. The lowest BCUT2D eigenvalue weighted by Crippen LogP contribution is -2.57. The Hall–Kier alpha value is -8.64. The van der Waals surface area contributed by atoms with Crippen LogP contribution in [0.1, 0.15) is 22.3 Å². The summed E-state index contributed by atoms with van der Waals surface area (Å²) in [7, 11) is 3.12. The molecule has 28 aromatic rings. The first-order valence-electron chi connectivity index (χ1n) is 26.3. The summed E-state index contributed by atoms with van der Waals surface area (Å²) in [5.74, 6) is -0.527. The molecule has 5 nitrogen and oxygen atoms in total. The number of carbonyl (C=O) groups is 2. The van der Waals surface area contributed by atoms with Crippen molar-refractivity contribution < 1.29 is 19.1 Å². The van der Waals surface area contributed by atoms with E-state index < -0.39 is 16.9 Å². The number of carbonyl (C=O) groups excluding carboxylic acids is 2. The van der Waals surface area contributed by atoms with E-state index in [4.69, 9.17) is 9.47 Å². The maximum Gasteiger partial charge on any atom is 0.324 e. The van der Waals surface area contributed by atoms with Crippen molar-refractivity contribution in [3.8, 4) is 0 Å². The van der Waals surface area contributed by atoms with Gasteiger partial charge < -0.3 is 9.47 Å². The van der Waals surface area contributed by atoms with E-state index >= 15 is 4.79 Å². The molecular weight excluding hydrogens is 883 g/mol. The van der Waals surface area contributed by atoms with Gasteiger partial charge in [0.2, 0.25) is 0 Å². The summed E-state index contributed by atoms with van der Waals surface area (Å²) in [6.45, 7) is 0.583. The molecule has 0 N–H and O–H groups in total. The molecule has 5 aliphatic rings. The van der Waals surface area contributed by atoms with Gasteiger partial charge in [-0.15, -0.1) is 0 Å². The zero-order valence-electron chi connectivity index (χ0n) is 37.1. The molecule has 0 radical (unpaired) electrons. The van der Waals surface area contributed by atoms with Crippen LogP contribution >= 0.6 is 0 Å². The van der Waals surface area contributed by atoms with Crippen molar-refractivity contribution in [2.75, 3.05) is 27.3 Å². The molecule has 0 bridgehead atoms. The van der Waals surface area contributed by atoms with Gasteiger partial charge in [0.15, 0.2) is 0 Å². The van der Waals surface area contributed by atoms with E-state index in [9.17, 15) is 4.79 Å². The highest BCUT2D eigenvalue weighted by Gasteiger charge is 2.77. The van der Waals surface area contributed by atoms with Crippen LogP contribution in [-0.4, -0.2) is 50.2 Å². The number of benzene rings is 18. The summed E-state index contributed by atoms with van der Waals surface area (Å²) in [6.07, 6.45) is 0. The molecule has 0 aromatic heterocycles. The Bertz CT molecular complexity index is 7140. The lowest BCUT2D eigenvalue weighted by atomic mass is 9.48. The van der Waals surface area contributed by atoms with Crippen molar-refractivity contribution in [3.63, 3.8) is 0 Å². The molecule has 72 heavy (non-hydrogen) atoms. The minimum Gasteiger partial charge on any atom is -0.468 e. The predicted octanol–water partition coefficient (Wildman–Crippen LogP) is 15.3. The van der Waals surface area contributed by atoms with E-state index in [1.165, 1.54) is 191 Å². The topological polar surface area (TPSA) is 55.8 Å². The van der Waals surface area contributed by atoms with E-state index in [1.54, 1.807) is 136 Å². The van der Waals surface area contributed by atoms with Crippen LogP contribution in [0.2, 0.25) is 0 Å². The maximum atomic E-state index is 16.0. The molecule has 33 rings (SSSR count). The van der Waals surface area contributed by atoms with Crippen molar-refractivity contribution in [1.29, 1.82) is 0 Å². The number of ether oxygens (including phenoxy) is 2. The highest BCUT2D eigenvalue weighted by Crippen LogP contribution is 2.86. The van der Waals surface area contributed by atoms with Gasteiger partial charge in [-0.2, -0.15) is 0 Å². The summed E-state index contributed by atoms with van der Waals surface area (Å²) in [5, 5.41) is 82.7. The average Bonchev–Trinajstić information content (AvgIpc) is 4.29. The molecule has 1 unspecified atom stereocenters. The van der Waals surface area contributed by atoms with Gasteiger partial charge in [0.25, 0.3) is 0 Å². The van der Waals surface area contributed by atoms with Crippen LogP contribution in [-0.2, 0) is 29.9 Å². The second-order valence-electron chi connectivity index (χ2n) is 25.9. The van der Waals surface area contributed by atoms with Gasteiger partial charge in [-0.25, -0.2) is 0 Å². The summed E-state index contributed by atoms with van der Waals surface area (Å²) >= 11 is 0. The van der Waals surface area contributed by atoms with Crippen LogP contribution in [0, 0.1) is 0 Å². The average molecular weight is 894 g/mol. The molecule has 28 aromatic carbocycles. The monoisotopic (exact) mass is 893 g/mol. The van der Waals surface area contributed by atoms with Crippen LogP contribution < -0.4 is 0 Å². The molecule has 1 saturated heterocycles. The van der Waals surface area contributed by atoms with Gasteiger partial charge in [0, 0.05) is 6.54 Å². The van der Waals surface area contributed by atoms with Crippen molar-refractivity contribution in [2.24, 2.45) is 0 Å². The summed E-state index contributed by atoms with van der Waals surface area (Å²) in [6, 6.07) is -0.752. The number of nitrogens with zero attached hydrogens (tertiary/aromatic N) is 1. The molecular formula is C67H11NO4. The van der Waals surface area contributed by atoms with E-state index in [1.807, 2.05) is 0 Å². The molecule has 1 heterocycles. The minimum absolute atomic E-state index is 0.0300. The normalized spacial score (nSPS) is 23.4.